The van der Waals surface area contributed by atoms with Gasteiger partial charge in [0.1, 0.15) is 0 Å². The second-order valence-corrected chi connectivity index (χ2v) is 7.63. The van der Waals surface area contributed by atoms with Crippen molar-refractivity contribution in [3.05, 3.63) is 40.7 Å². The van der Waals surface area contributed by atoms with E-state index in [2.05, 4.69) is 17.3 Å². The van der Waals surface area contributed by atoms with Crippen LogP contribution in [0.15, 0.2) is 18.2 Å². The first-order valence-corrected chi connectivity index (χ1v) is 9.44. The van der Waals surface area contributed by atoms with Crippen LogP contribution in [0.4, 0.5) is 11.4 Å². The topological polar surface area (TPSA) is 67.2 Å². The van der Waals surface area contributed by atoms with E-state index in [9.17, 15) is 9.59 Å². The first kappa shape index (κ1) is 19.1. The zero-order valence-corrected chi connectivity index (χ0v) is 17.0. The van der Waals surface area contributed by atoms with Gasteiger partial charge in [-0.1, -0.05) is 0 Å². The third-order valence-corrected chi connectivity index (χ3v) is 5.50. The summed E-state index contributed by atoms with van der Waals surface area (Å²) >= 11 is 0. The zero-order valence-electron chi connectivity index (χ0n) is 17.0. The molecule has 27 heavy (non-hydrogen) atoms. The maximum atomic E-state index is 12.5. The Kier molecular flexibility index (Phi) is 5.09. The van der Waals surface area contributed by atoms with Crippen LogP contribution >= 0.6 is 0 Å². The normalized spacial score (nSPS) is 17.0. The van der Waals surface area contributed by atoms with Crippen LogP contribution in [0.5, 0.6) is 0 Å². The highest BCUT2D eigenvalue weighted by atomic mass is 16.2. The molecule has 0 aliphatic carbocycles. The van der Waals surface area contributed by atoms with E-state index in [4.69, 9.17) is 0 Å². The molecule has 1 aromatic heterocycles. The van der Waals surface area contributed by atoms with Crippen molar-refractivity contribution in [1.29, 1.82) is 0 Å². The molecule has 0 spiro atoms. The van der Waals surface area contributed by atoms with E-state index in [0.29, 0.717) is 6.42 Å². The highest BCUT2D eigenvalue weighted by molar-refractivity contribution is 5.96. The number of carbonyl (C=O) groups is 2. The molecular weight excluding hydrogens is 340 g/mol. The molecule has 6 heteroatoms. The van der Waals surface area contributed by atoms with E-state index in [1.807, 2.05) is 55.5 Å². The van der Waals surface area contributed by atoms with E-state index >= 15 is 0 Å². The van der Waals surface area contributed by atoms with Crippen LogP contribution in [0, 0.1) is 20.8 Å². The highest BCUT2D eigenvalue weighted by Crippen LogP contribution is 2.34. The number of fused-ring (bicyclic) bond motifs is 1. The fourth-order valence-electron chi connectivity index (χ4n) is 3.93. The molecule has 3 rings (SSSR count). The van der Waals surface area contributed by atoms with Crippen LogP contribution in [0.2, 0.25) is 0 Å². The molecule has 0 saturated carbocycles. The predicted octanol–water partition coefficient (Wildman–Crippen LogP) is 3.70. The van der Waals surface area contributed by atoms with Gasteiger partial charge in [0, 0.05) is 36.5 Å². The number of benzene rings is 1. The first-order chi connectivity index (χ1) is 12.7. The third kappa shape index (κ3) is 3.61. The smallest absolute Gasteiger partial charge is 0.226 e. The number of aromatic nitrogens is 2. The van der Waals surface area contributed by atoms with Crippen molar-refractivity contribution in [2.24, 2.45) is 0 Å². The van der Waals surface area contributed by atoms with Crippen molar-refractivity contribution in [3.63, 3.8) is 0 Å². The SMILES string of the molecule is CC(=O)N1c2ccc(NC(=O)C[C@H](C)n3nc(C)c(C)c3C)cc2C[C@H]1C. The maximum Gasteiger partial charge on any atom is 0.226 e. The quantitative estimate of drug-likeness (QED) is 0.895. The molecule has 1 aromatic carbocycles. The third-order valence-electron chi connectivity index (χ3n) is 5.50. The molecule has 1 aliphatic rings. The Bertz CT molecular complexity index is 900. The van der Waals surface area contributed by atoms with Crippen molar-refractivity contribution in [2.75, 3.05) is 10.2 Å². The number of carbonyl (C=O) groups excluding carboxylic acids is 2. The highest BCUT2D eigenvalue weighted by Gasteiger charge is 2.29. The lowest BCUT2D eigenvalue weighted by Crippen LogP contribution is -2.33. The van der Waals surface area contributed by atoms with Gasteiger partial charge in [0.25, 0.3) is 0 Å². The summed E-state index contributed by atoms with van der Waals surface area (Å²) in [5.41, 5.74) is 6.08. The summed E-state index contributed by atoms with van der Waals surface area (Å²) in [6.45, 7) is 11.7. The molecule has 6 nitrogen and oxygen atoms in total. The van der Waals surface area contributed by atoms with Gasteiger partial charge in [0.2, 0.25) is 11.8 Å². The molecule has 0 fully saturated rings. The van der Waals surface area contributed by atoms with Gasteiger partial charge < -0.3 is 10.2 Å². The Morgan fingerprint density at radius 1 is 1.30 bits per heavy atom. The van der Waals surface area contributed by atoms with Gasteiger partial charge in [0.15, 0.2) is 0 Å². The van der Waals surface area contributed by atoms with E-state index in [0.717, 1.165) is 34.7 Å². The second-order valence-electron chi connectivity index (χ2n) is 7.63. The molecule has 2 heterocycles. The molecule has 2 amide bonds. The monoisotopic (exact) mass is 368 g/mol. The number of rotatable bonds is 4. The van der Waals surface area contributed by atoms with Crippen molar-refractivity contribution in [2.45, 2.75) is 66.5 Å². The number of hydrogen-bond acceptors (Lipinski definition) is 3. The average Bonchev–Trinajstić information content (AvgIpc) is 3.04. The van der Waals surface area contributed by atoms with Crippen LogP contribution in [0.1, 0.15) is 55.7 Å². The summed E-state index contributed by atoms with van der Waals surface area (Å²) in [7, 11) is 0. The molecule has 144 valence electrons. The summed E-state index contributed by atoms with van der Waals surface area (Å²) < 4.78 is 1.93. The van der Waals surface area contributed by atoms with Crippen LogP contribution in [0.25, 0.3) is 0 Å². The molecule has 1 aliphatic heterocycles. The van der Waals surface area contributed by atoms with E-state index in [1.54, 1.807) is 6.92 Å². The average molecular weight is 368 g/mol. The Hall–Kier alpha value is -2.63. The first-order valence-electron chi connectivity index (χ1n) is 9.44. The molecule has 1 N–H and O–H groups in total. The summed E-state index contributed by atoms with van der Waals surface area (Å²) in [5, 5.41) is 7.54. The molecule has 2 aromatic rings. The van der Waals surface area contributed by atoms with Gasteiger partial charge in [-0.3, -0.25) is 14.3 Å². The van der Waals surface area contributed by atoms with Gasteiger partial charge in [-0.2, -0.15) is 5.10 Å². The van der Waals surface area contributed by atoms with Gasteiger partial charge >= 0.3 is 0 Å². The minimum atomic E-state index is -0.0397. The number of nitrogens with zero attached hydrogens (tertiary/aromatic N) is 3. The summed E-state index contributed by atoms with van der Waals surface area (Å²) in [4.78, 5) is 26.2. The molecule has 0 bridgehead atoms. The van der Waals surface area contributed by atoms with Crippen molar-refractivity contribution >= 4 is 23.2 Å². The number of amides is 2. The van der Waals surface area contributed by atoms with E-state index in [1.165, 1.54) is 5.56 Å². The molecule has 2 atom stereocenters. The Balaban J connectivity index is 1.69. The lowest BCUT2D eigenvalue weighted by Gasteiger charge is -2.20. The lowest BCUT2D eigenvalue weighted by atomic mass is 10.1. The Labute approximate surface area is 160 Å². The summed E-state index contributed by atoms with van der Waals surface area (Å²) in [6.07, 6.45) is 1.16. The van der Waals surface area contributed by atoms with Gasteiger partial charge in [-0.15, -0.1) is 0 Å². The van der Waals surface area contributed by atoms with Crippen molar-refractivity contribution < 1.29 is 9.59 Å². The summed E-state index contributed by atoms with van der Waals surface area (Å²) in [5.74, 6) is 0.00849. The van der Waals surface area contributed by atoms with Crippen molar-refractivity contribution in [3.8, 4) is 0 Å². The molecular formula is C21H28N4O2. The minimum absolute atomic E-state index is 0.0138. The minimum Gasteiger partial charge on any atom is -0.326 e. The van der Waals surface area contributed by atoms with Crippen molar-refractivity contribution in [1.82, 2.24) is 9.78 Å². The number of anilines is 2. The van der Waals surface area contributed by atoms with Gasteiger partial charge in [0.05, 0.1) is 11.7 Å². The van der Waals surface area contributed by atoms with E-state index in [-0.39, 0.29) is 23.9 Å². The number of aryl methyl sites for hydroxylation is 1. The molecule has 0 saturated heterocycles. The lowest BCUT2D eigenvalue weighted by molar-refractivity contribution is -0.117. The van der Waals surface area contributed by atoms with Crippen LogP contribution in [0.3, 0.4) is 0 Å². The second kappa shape index (κ2) is 7.18. The van der Waals surface area contributed by atoms with Gasteiger partial charge in [-0.25, -0.2) is 0 Å². The number of hydrogen-bond donors (Lipinski definition) is 1. The van der Waals surface area contributed by atoms with Crippen LogP contribution < -0.4 is 10.2 Å². The van der Waals surface area contributed by atoms with E-state index < -0.39 is 0 Å². The molecule has 0 radical (unpaired) electrons. The fraction of sp³-hybridized carbons (Fsp3) is 0.476. The predicted molar refractivity (Wildman–Crippen MR) is 107 cm³/mol. The standard InChI is InChI=1S/C21H28N4O2/c1-12-9-18-11-19(7-8-20(18)24(12)17(6)26)22-21(27)10-13(2)25-16(5)14(3)15(4)23-25/h7-8,11-13H,9-10H2,1-6H3,(H,22,27)/t12-,13+/m1/s1. The Morgan fingerprint density at radius 2 is 2.00 bits per heavy atom. The zero-order chi connectivity index (χ0) is 19.9. The van der Waals surface area contributed by atoms with Gasteiger partial charge in [-0.05, 0) is 70.4 Å². The van der Waals surface area contributed by atoms with Crippen LogP contribution in [-0.2, 0) is 16.0 Å². The fourth-order valence-corrected chi connectivity index (χ4v) is 3.93. The largest absolute Gasteiger partial charge is 0.326 e. The maximum absolute atomic E-state index is 12.5. The molecule has 0 unspecified atom stereocenters. The number of nitrogens with one attached hydrogen (secondary N) is 1. The summed E-state index contributed by atoms with van der Waals surface area (Å²) in [6, 6.07) is 5.90. The Morgan fingerprint density at radius 3 is 2.59 bits per heavy atom. The van der Waals surface area contributed by atoms with Crippen LogP contribution in [-0.4, -0.2) is 27.6 Å².